The minimum absolute atomic E-state index is 0.0182. The summed E-state index contributed by atoms with van der Waals surface area (Å²) < 4.78 is 47.1. The van der Waals surface area contributed by atoms with Crippen LogP contribution in [-0.2, 0) is 24.1 Å². The van der Waals surface area contributed by atoms with Crippen LogP contribution in [0.4, 0.5) is 13.2 Å². The van der Waals surface area contributed by atoms with Gasteiger partial charge in [-0.15, -0.1) is 0 Å². The number of rotatable bonds is 10. The first-order valence-electron chi connectivity index (χ1n) is 12.2. The number of ether oxygens (including phenoxy) is 1. The zero-order chi connectivity index (χ0) is 27.2. The van der Waals surface area contributed by atoms with E-state index in [-0.39, 0.29) is 29.4 Å². The van der Waals surface area contributed by atoms with Crippen molar-refractivity contribution in [2.24, 2.45) is 5.73 Å². The van der Waals surface area contributed by atoms with E-state index in [1.807, 2.05) is 18.2 Å². The predicted octanol–water partition coefficient (Wildman–Crippen LogP) is 4.39. The fraction of sp³-hybridized carbons (Fsp3) is 0.241. The number of hydrogen-bond donors (Lipinski definition) is 3. The summed E-state index contributed by atoms with van der Waals surface area (Å²) in [6.07, 6.45) is -0.0377. The van der Waals surface area contributed by atoms with E-state index in [0.717, 1.165) is 30.2 Å². The molecule has 0 saturated carbocycles. The van der Waals surface area contributed by atoms with Crippen LogP contribution in [0.15, 0.2) is 71.5 Å². The molecule has 0 amide bonds. The lowest BCUT2D eigenvalue weighted by atomic mass is 10.0. The molecule has 6 nitrogen and oxygen atoms in total. The maximum Gasteiger partial charge on any atom is 0.339 e. The van der Waals surface area contributed by atoms with Gasteiger partial charge in [0.05, 0.1) is 5.56 Å². The molecule has 0 aliphatic rings. The van der Waals surface area contributed by atoms with Crippen LogP contribution in [0.5, 0.6) is 0 Å². The van der Waals surface area contributed by atoms with Gasteiger partial charge in [0.25, 0.3) is 0 Å². The zero-order valence-electron chi connectivity index (χ0n) is 20.8. The number of esters is 1. The molecule has 0 spiro atoms. The molecule has 0 aliphatic carbocycles. The third-order valence-electron chi connectivity index (χ3n) is 6.23. The smallest absolute Gasteiger partial charge is 0.339 e. The van der Waals surface area contributed by atoms with Crippen LogP contribution < -0.4 is 16.6 Å². The van der Waals surface area contributed by atoms with E-state index in [0.29, 0.717) is 12.1 Å². The summed E-state index contributed by atoms with van der Waals surface area (Å²) in [4.78, 5) is 27.9. The van der Waals surface area contributed by atoms with E-state index >= 15 is 0 Å². The van der Waals surface area contributed by atoms with E-state index in [2.05, 4.69) is 23.3 Å². The molecule has 4 aromatic rings. The van der Waals surface area contributed by atoms with Crippen LogP contribution in [0.2, 0.25) is 0 Å². The summed E-state index contributed by atoms with van der Waals surface area (Å²) in [6, 6.07) is 14.9. The van der Waals surface area contributed by atoms with Crippen LogP contribution in [0.1, 0.15) is 34.0 Å². The van der Waals surface area contributed by atoms with Crippen molar-refractivity contribution in [1.82, 2.24) is 10.3 Å². The van der Waals surface area contributed by atoms with Gasteiger partial charge in [-0.1, -0.05) is 31.2 Å². The summed E-state index contributed by atoms with van der Waals surface area (Å²) >= 11 is 0. The van der Waals surface area contributed by atoms with E-state index in [4.69, 9.17) is 10.5 Å². The summed E-state index contributed by atoms with van der Waals surface area (Å²) in [5.74, 6) is -2.94. The Morgan fingerprint density at radius 2 is 1.68 bits per heavy atom. The molecule has 3 aromatic carbocycles. The molecule has 4 rings (SSSR count). The SMILES string of the molecule is CCc1cccc(CNC[C@@H](OC(=O)c2cc(=O)[nH]c3ccc(F)cc23)[C@@H](N)Cc2cc(F)cc(F)c2)c1. The average molecular weight is 524 g/mol. The minimum atomic E-state index is -0.939. The van der Waals surface area contributed by atoms with Crippen LogP contribution in [-0.4, -0.2) is 29.6 Å². The van der Waals surface area contributed by atoms with E-state index in [1.165, 1.54) is 29.8 Å². The number of benzene rings is 3. The van der Waals surface area contributed by atoms with Crippen LogP contribution >= 0.6 is 0 Å². The molecule has 1 aromatic heterocycles. The largest absolute Gasteiger partial charge is 0.456 e. The standard InChI is InChI=1S/C29H28F3N3O3/c1-2-17-4-3-5-18(8-17)15-34-16-27(25(33)11-19-9-21(31)12-22(32)10-19)38-29(37)24-14-28(36)35-26-7-6-20(30)13-23(24)26/h3-10,12-14,25,27,34H,2,11,15-16,33H2,1H3,(H,35,36)/t25-,27+/m0/s1. The number of halogens is 3. The van der Waals surface area contributed by atoms with E-state index < -0.39 is 41.1 Å². The van der Waals surface area contributed by atoms with Crippen molar-refractivity contribution in [1.29, 1.82) is 0 Å². The number of fused-ring (bicyclic) bond motifs is 1. The molecular weight excluding hydrogens is 495 g/mol. The number of aromatic nitrogens is 1. The number of nitrogens with two attached hydrogens (primary N) is 1. The highest BCUT2D eigenvalue weighted by molar-refractivity contribution is 6.03. The fourth-order valence-corrected chi connectivity index (χ4v) is 4.33. The molecule has 9 heteroatoms. The highest BCUT2D eigenvalue weighted by Gasteiger charge is 2.25. The normalized spacial score (nSPS) is 12.9. The molecule has 0 saturated heterocycles. The molecule has 4 N–H and O–H groups in total. The van der Waals surface area contributed by atoms with Crippen molar-refractivity contribution < 1.29 is 22.7 Å². The lowest BCUT2D eigenvalue weighted by Gasteiger charge is -2.25. The van der Waals surface area contributed by atoms with Crippen molar-refractivity contribution in [3.05, 3.63) is 117 Å². The second-order valence-electron chi connectivity index (χ2n) is 9.13. The molecule has 0 fully saturated rings. The summed E-state index contributed by atoms with van der Waals surface area (Å²) in [7, 11) is 0. The number of nitrogens with one attached hydrogen (secondary N) is 2. The Morgan fingerprint density at radius 3 is 2.42 bits per heavy atom. The fourth-order valence-electron chi connectivity index (χ4n) is 4.33. The van der Waals surface area contributed by atoms with Crippen LogP contribution in [0.25, 0.3) is 10.9 Å². The number of aryl methyl sites for hydroxylation is 1. The van der Waals surface area contributed by atoms with Gasteiger partial charge in [0.2, 0.25) is 5.56 Å². The van der Waals surface area contributed by atoms with E-state index in [1.54, 1.807) is 0 Å². The summed E-state index contributed by atoms with van der Waals surface area (Å²) in [6.45, 7) is 2.64. The van der Waals surface area contributed by atoms with Gasteiger partial charge in [-0.3, -0.25) is 4.79 Å². The van der Waals surface area contributed by atoms with Gasteiger partial charge in [-0.25, -0.2) is 18.0 Å². The molecule has 1 heterocycles. The number of carbonyl (C=O) groups excluding carboxylic acids is 1. The highest BCUT2D eigenvalue weighted by Crippen LogP contribution is 2.19. The van der Waals surface area contributed by atoms with Gasteiger partial charge in [0.1, 0.15) is 23.6 Å². The monoisotopic (exact) mass is 523 g/mol. The predicted molar refractivity (Wildman–Crippen MR) is 139 cm³/mol. The molecule has 2 atom stereocenters. The number of carbonyl (C=O) groups is 1. The quantitative estimate of drug-likeness (QED) is 0.268. The second-order valence-corrected chi connectivity index (χ2v) is 9.13. The average Bonchev–Trinajstić information content (AvgIpc) is 2.87. The number of H-pyrrole nitrogens is 1. The first kappa shape index (κ1) is 27.1. The molecule has 38 heavy (non-hydrogen) atoms. The lowest BCUT2D eigenvalue weighted by molar-refractivity contribution is 0.0240. The van der Waals surface area contributed by atoms with Gasteiger partial charge in [0.15, 0.2) is 0 Å². The second kappa shape index (κ2) is 12.1. The van der Waals surface area contributed by atoms with Crippen molar-refractivity contribution in [2.45, 2.75) is 38.5 Å². The number of aromatic amines is 1. The summed E-state index contributed by atoms with van der Waals surface area (Å²) in [5.41, 5.74) is 8.47. The molecule has 0 aliphatic heterocycles. The van der Waals surface area contributed by atoms with E-state index in [9.17, 15) is 22.8 Å². The Morgan fingerprint density at radius 1 is 0.947 bits per heavy atom. The molecule has 0 bridgehead atoms. The molecule has 198 valence electrons. The lowest BCUT2D eigenvalue weighted by Crippen LogP contribution is -2.46. The third-order valence-corrected chi connectivity index (χ3v) is 6.23. The molecular formula is C29H28F3N3O3. The maximum atomic E-state index is 13.9. The van der Waals surface area contributed by atoms with Gasteiger partial charge in [-0.2, -0.15) is 0 Å². The van der Waals surface area contributed by atoms with Gasteiger partial charge in [0, 0.05) is 42.2 Å². The highest BCUT2D eigenvalue weighted by atomic mass is 19.1. The van der Waals surface area contributed by atoms with Gasteiger partial charge >= 0.3 is 5.97 Å². The Bertz CT molecular complexity index is 1490. The molecule has 0 radical (unpaired) electrons. The number of hydrogen-bond acceptors (Lipinski definition) is 5. The topological polar surface area (TPSA) is 97.2 Å². The Balaban J connectivity index is 1.57. The minimum Gasteiger partial charge on any atom is -0.456 e. The number of pyridine rings is 1. The summed E-state index contributed by atoms with van der Waals surface area (Å²) in [5, 5.41) is 3.40. The first-order valence-corrected chi connectivity index (χ1v) is 12.2. The van der Waals surface area contributed by atoms with Crippen molar-refractivity contribution in [3.63, 3.8) is 0 Å². The van der Waals surface area contributed by atoms with Crippen LogP contribution in [0.3, 0.4) is 0 Å². The van der Waals surface area contributed by atoms with Gasteiger partial charge in [-0.05, 0) is 59.9 Å². The first-order chi connectivity index (χ1) is 18.2. The van der Waals surface area contributed by atoms with Gasteiger partial charge < -0.3 is 20.8 Å². The Hall–Kier alpha value is -3.95. The van der Waals surface area contributed by atoms with Crippen molar-refractivity contribution in [3.8, 4) is 0 Å². The van der Waals surface area contributed by atoms with Crippen LogP contribution in [0, 0.1) is 17.5 Å². The van der Waals surface area contributed by atoms with Crippen molar-refractivity contribution >= 4 is 16.9 Å². The Labute approximate surface area is 217 Å². The van der Waals surface area contributed by atoms with Crippen molar-refractivity contribution in [2.75, 3.05) is 6.54 Å². The molecule has 0 unspecified atom stereocenters. The maximum absolute atomic E-state index is 13.9. The Kier molecular flexibility index (Phi) is 8.60. The zero-order valence-corrected chi connectivity index (χ0v) is 20.8. The third kappa shape index (κ3) is 6.87.